The Morgan fingerprint density at radius 2 is 1.67 bits per heavy atom. The molecule has 0 aliphatic carbocycles. The minimum Gasteiger partial charge on any atom is -0.507 e. The molecule has 7 N–H and O–H groups in total. The number of methoxy groups -OCH3 is 1. The highest BCUT2D eigenvalue weighted by Crippen LogP contribution is 2.44. The van der Waals surface area contributed by atoms with Crippen molar-refractivity contribution in [1.82, 2.24) is 0 Å². The zero-order valence-corrected chi connectivity index (χ0v) is 17.2. The first-order chi connectivity index (χ1) is 15.7. The van der Waals surface area contributed by atoms with Crippen LogP contribution in [0.5, 0.6) is 23.0 Å². The van der Waals surface area contributed by atoms with E-state index in [2.05, 4.69) is 0 Å². The maximum absolute atomic E-state index is 13.0. The lowest BCUT2D eigenvalue weighted by atomic mass is 9.89. The molecule has 33 heavy (non-hydrogen) atoms. The molecule has 1 aliphatic rings. The lowest BCUT2D eigenvalue weighted by Crippen LogP contribution is -2.55. The minimum atomic E-state index is -1.75. The lowest BCUT2D eigenvalue weighted by Gasteiger charge is -2.40. The quantitative estimate of drug-likeness (QED) is 0.260. The molecule has 2 heterocycles. The Bertz CT molecular complexity index is 1250. The third kappa shape index (κ3) is 3.75. The number of rotatable bonds is 4. The summed E-state index contributed by atoms with van der Waals surface area (Å²) in [5.41, 5.74) is -0.844. The van der Waals surface area contributed by atoms with Gasteiger partial charge in [0, 0.05) is 17.7 Å². The summed E-state index contributed by atoms with van der Waals surface area (Å²) in [5.74, 6) is -1.44. The summed E-state index contributed by atoms with van der Waals surface area (Å²) in [6.07, 6.45) is -7.89. The molecule has 1 aromatic heterocycles. The summed E-state index contributed by atoms with van der Waals surface area (Å²) < 4.78 is 16.6. The molecule has 176 valence electrons. The fourth-order valence-electron chi connectivity index (χ4n) is 3.90. The Morgan fingerprint density at radius 1 is 0.939 bits per heavy atom. The van der Waals surface area contributed by atoms with E-state index in [1.165, 1.54) is 19.2 Å². The van der Waals surface area contributed by atoms with Crippen LogP contribution in [0.2, 0.25) is 0 Å². The number of aliphatic hydroxyl groups is 4. The molecule has 5 atom stereocenters. The Kier molecular flexibility index (Phi) is 5.91. The molecule has 0 unspecified atom stereocenters. The number of hydrogen-bond acceptors (Lipinski definition) is 11. The van der Waals surface area contributed by atoms with E-state index in [-0.39, 0.29) is 39.4 Å². The van der Waals surface area contributed by atoms with Gasteiger partial charge >= 0.3 is 0 Å². The van der Waals surface area contributed by atoms with Crippen molar-refractivity contribution in [2.45, 2.75) is 30.5 Å². The second-order valence-electron chi connectivity index (χ2n) is 7.64. The van der Waals surface area contributed by atoms with E-state index in [1.54, 1.807) is 0 Å². The van der Waals surface area contributed by atoms with Crippen LogP contribution in [0.3, 0.4) is 0 Å². The first kappa shape index (κ1) is 22.8. The second-order valence-corrected chi connectivity index (χ2v) is 7.64. The van der Waals surface area contributed by atoms with Gasteiger partial charge in [-0.1, -0.05) is 0 Å². The molecule has 4 rings (SSSR count). The molecule has 0 saturated carbocycles. The molecule has 1 fully saturated rings. The third-order valence-electron chi connectivity index (χ3n) is 5.64. The van der Waals surface area contributed by atoms with Gasteiger partial charge in [0.25, 0.3) is 0 Å². The minimum absolute atomic E-state index is 0.0373. The average molecular weight is 462 g/mol. The van der Waals surface area contributed by atoms with Crippen LogP contribution in [0, 0.1) is 0 Å². The SMILES string of the molecule is COc1cc(O)c([C@@H]2O[C@H](CO)[C@@H](O)[C@H](O)[C@H]2O)c2oc(-c3ccc(O)c(O)c3)cc(=O)c12. The van der Waals surface area contributed by atoms with Crippen molar-refractivity contribution in [1.29, 1.82) is 0 Å². The molecule has 11 heteroatoms. The molecule has 11 nitrogen and oxygen atoms in total. The van der Waals surface area contributed by atoms with E-state index in [0.717, 1.165) is 18.2 Å². The summed E-state index contributed by atoms with van der Waals surface area (Å²) >= 11 is 0. The normalized spacial score (nSPS) is 25.3. The Balaban J connectivity index is 1.99. The fraction of sp³-hybridized carbons (Fsp3) is 0.318. The van der Waals surface area contributed by atoms with Crippen molar-refractivity contribution in [2.75, 3.05) is 13.7 Å². The summed E-state index contributed by atoms with van der Waals surface area (Å²) in [6.45, 7) is -0.696. The van der Waals surface area contributed by atoms with Gasteiger partial charge in [-0.2, -0.15) is 0 Å². The summed E-state index contributed by atoms with van der Waals surface area (Å²) in [4.78, 5) is 13.0. The second kappa shape index (κ2) is 8.54. The number of aliphatic hydroxyl groups excluding tert-OH is 4. The number of aromatic hydroxyl groups is 3. The number of benzene rings is 2. The van der Waals surface area contributed by atoms with Gasteiger partial charge in [0.1, 0.15) is 53.2 Å². The topological polar surface area (TPSA) is 190 Å². The van der Waals surface area contributed by atoms with Gasteiger partial charge in [-0.3, -0.25) is 4.79 Å². The molecule has 0 amide bonds. The summed E-state index contributed by atoms with van der Waals surface area (Å²) in [5, 5.41) is 70.3. The van der Waals surface area contributed by atoms with E-state index in [0.29, 0.717) is 0 Å². The highest BCUT2D eigenvalue weighted by atomic mass is 16.5. The van der Waals surface area contributed by atoms with Crippen molar-refractivity contribution < 1.29 is 49.6 Å². The van der Waals surface area contributed by atoms with Gasteiger partial charge in [0.2, 0.25) is 0 Å². The van der Waals surface area contributed by atoms with Crippen molar-refractivity contribution in [2.24, 2.45) is 0 Å². The Labute approximate surface area is 185 Å². The van der Waals surface area contributed by atoms with Crippen LogP contribution >= 0.6 is 0 Å². The predicted octanol–water partition coefficient (Wildman–Crippen LogP) is 0.100. The molecule has 0 spiro atoms. The first-order valence-corrected chi connectivity index (χ1v) is 9.88. The van der Waals surface area contributed by atoms with E-state index in [9.17, 15) is 40.5 Å². The average Bonchev–Trinajstić information content (AvgIpc) is 2.79. The molecule has 1 aliphatic heterocycles. The number of hydrogen-bond donors (Lipinski definition) is 7. The van der Waals surface area contributed by atoms with E-state index in [1.807, 2.05) is 0 Å². The van der Waals surface area contributed by atoms with Crippen LogP contribution in [0.4, 0.5) is 0 Å². The van der Waals surface area contributed by atoms with Gasteiger partial charge < -0.3 is 49.6 Å². The van der Waals surface area contributed by atoms with E-state index in [4.69, 9.17) is 13.9 Å². The van der Waals surface area contributed by atoms with Gasteiger partial charge in [-0.15, -0.1) is 0 Å². The van der Waals surface area contributed by atoms with Crippen LogP contribution in [0.25, 0.3) is 22.3 Å². The Hall–Kier alpha value is -3.35. The zero-order chi connectivity index (χ0) is 24.0. The smallest absolute Gasteiger partial charge is 0.197 e. The lowest BCUT2D eigenvalue weighted by molar-refractivity contribution is -0.231. The van der Waals surface area contributed by atoms with Crippen molar-refractivity contribution in [3.05, 3.63) is 46.1 Å². The van der Waals surface area contributed by atoms with E-state index >= 15 is 0 Å². The van der Waals surface area contributed by atoms with Gasteiger partial charge in [-0.25, -0.2) is 0 Å². The van der Waals surface area contributed by atoms with Crippen LogP contribution in [-0.4, -0.2) is 73.9 Å². The number of phenols is 3. The van der Waals surface area contributed by atoms with Crippen molar-refractivity contribution in [3.63, 3.8) is 0 Å². The van der Waals surface area contributed by atoms with E-state index < -0.39 is 54.1 Å². The molecule has 2 aromatic carbocycles. The molecule has 0 bridgehead atoms. The van der Waals surface area contributed by atoms with Crippen LogP contribution in [-0.2, 0) is 4.74 Å². The van der Waals surface area contributed by atoms with Crippen LogP contribution < -0.4 is 10.2 Å². The van der Waals surface area contributed by atoms with Gasteiger partial charge in [-0.05, 0) is 18.2 Å². The maximum atomic E-state index is 13.0. The molecule has 3 aromatic rings. The van der Waals surface area contributed by atoms with Gasteiger partial charge in [0.15, 0.2) is 22.5 Å². The largest absolute Gasteiger partial charge is 0.507 e. The first-order valence-electron chi connectivity index (χ1n) is 9.88. The number of ether oxygens (including phenoxy) is 2. The Morgan fingerprint density at radius 3 is 2.30 bits per heavy atom. The molecule has 0 radical (unpaired) electrons. The summed E-state index contributed by atoms with van der Waals surface area (Å²) in [6, 6.07) is 5.96. The number of fused-ring (bicyclic) bond motifs is 1. The predicted molar refractivity (Wildman–Crippen MR) is 112 cm³/mol. The molecular weight excluding hydrogens is 440 g/mol. The molecular formula is C22H22O11. The summed E-state index contributed by atoms with van der Waals surface area (Å²) in [7, 11) is 1.27. The highest BCUT2D eigenvalue weighted by molar-refractivity contribution is 5.90. The zero-order valence-electron chi connectivity index (χ0n) is 17.2. The fourth-order valence-corrected chi connectivity index (χ4v) is 3.90. The monoisotopic (exact) mass is 462 g/mol. The number of phenolic OH excluding ortho intramolecular Hbond substituents is 3. The van der Waals surface area contributed by atoms with Crippen LogP contribution in [0.1, 0.15) is 11.7 Å². The van der Waals surface area contributed by atoms with Crippen molar-refractivity contribution >= 4 is 11.0 Å². The third-order valence-corrected chi connectivity index (χ3v) is 5.64. The highest BCUT2D eigenvalue weighted by Gasteiger charge is 2.46. The van der Waals surface area contributed by atoms with Crippen molar-refractivity contribution in [3.8, 4) is 34.3 Å². The van der Waals surface area contributed by atoms with Crippen LogP contribution in [0.15, 0.2) is 39.5 Å². The maximum Gasteiger partial charge on any atom is 0.197 e. The molecule has 1 saturated heterocycles. The van der Waals surface area contributed by atoms with Gasteiger partial charge in [0.05, 0.1) is 19.3 Å². The standard InChI is InChI=1S/C22H22O11/c1-31-14-6-12(27)17(22-20(30)19(29)18(28)15(7-23)33-22)21-16(14)11(26)5-13(32-21)8-2-3-9(24)10(25)4-8/h2-6,15,18-20,22-25,27-30H,7H2,1H3/t15-,18-,19+,20-,22+/m1/s1.